The highest BCUT2D eigenvalue weighted by molar-refractivity contribution is 9.10. The van der Waals surface area contributed by atoms with Gasteiger partial charge in [0.1, 0.15) is 0 Å². The summed E-state index contributed by atoms with van der Waals surface area (Å²) in [5.74, 6) is 0. The molecular weight excluding hydrogens is 278 g/mol. The lowest BCUT2D eigenvalue weighted by molar-refractivity contribution is 0.298. The minimum absolute atomic E-state index is 0.516. The van der Waals surface area contributed by atoms with Crippen LogP contribution in [0.3, 0.4) is 0 Å². The molecule has 1 N–H and O–H groups in total. The highest BCUT2D eigenvalue weighted by Gasteiger charge is 2.14. The average Bonchev–Trinajstić information content (AvgIpc) is 2.81. The molecule has 1 unspecified atom stereocenters. The SMILES string of the molecule is CC(CN1CCCC1)NCc1ncccc1Br. The topological polar surface area (TPSA) is 28.2 Å². The third-order valence-corrected chi connectivity index (χ3v) is 3.91. The summed E-state index contributed by atoms with van der Waals surface area (Å²) in [4.78, 5) is 6.89. The van der Waals surface area contributed by atoms with E-state index in [4.69, 9.17) is 0 Å². The highest BCUT2D eigenvalue weighted by atomic mass is 79.9. The molecule has 0 aromatic carbocycles. The molecule has 2 rings (SSSR count). The van der Waals surface area contributed by atoms with Gasteiger partial charge in [-0.15, -0.1) is 0 Å². The van der Waals surface area contributed by atoms with E-state index in [-0.39, 0.29) is 0 Å². The summed E-state index contributed by atoms with van der Waals surface area (Å²) in [6, 6.07) is 4.50. The van der Waals surface area contributed by atoms with E-state index in [0.29, 0.717) is 6.04 Å². The van der Waals surface area contributed by atoms with Gasteiger partial charge in [-0.1, -0.05) is 0 Å². The van der Waals surface area contributed by atoms with E-state index in [1.807, 2.05) is 18.3 Å². The van der Waals surface area contributed by atoms with E-state index >= 15 is 0 Å². The average molecular weight is 298 g/mol. The Balaban J connectivity index is 1.75. The van der Waals surface area contributed by atoms with Crippen molar-refractivity contribution in [3.8, 4) is 0 Å². The van der Waals surface area contributed by atoms with Crippen molar-refractivity contribution in [2.45, 2.75) is 32.4 Å². The third-order valence-electron chi connectivity index (χ3n) is 3.18. The first kappa shape index (κ1) is 13.0. The molecule has 0 spiro atoms. The van der Waals surface area contributed by atoms with Crippen molar-refractivity contribution in [1.29, 1.82) is 0 Å². The quantitative estimate of drug-likeness (QED) is 0.905. The molecule has 0 radical (unpaired) electrons. The zero-order valence-corrected chi connectivity index (χ0v) is 11.9. The number of halogens is 1. The number of aromatic nitrogens is 1. The molecule has 1 aromatic heterocycles. The van der Waals surface area contributed by atoms with E-state index in [9.17, 15) is 0 Å². The van der Waals surface area contributed by atoms with Gasteiger partial charge >= 0.3 is 0 Å². The van der Waals surface area contributed by atoms with Crippen LogP contribution in [0, 0.1) is 0 Å². The number of hydrogen-bond acceptors (Lipinski definition) is 3. The summed E-state index contributed by atoms with van der Waals surface area (Å²) in [6.07, 6.45) is 4.56. The maximum absolute atomic E-state index is 4.36. The van der Waals surface area contributed by atoms with Gasteiger partial charge in [0.15, 0.2) is 0 Å². The molecule has 1 aromatic rings. The molecule has 3 nitrogen and oxygen atoms in total. The van der Waals surface area contributed by atoms with Gasteiger partial charge < -0.3 is 10.2 Å². The number of nitrogens with one attached hydrogen (secondary N) is 1. The number of likely N-dealkylation sites (tertiary alicyclic amines) is 1. The van der Waals surface area contributed by atoms with Crippen molar-refractivity contribution in [2.75, 3.05) is 19.6 Å². The fourth-order valence-electron chi connectivity index (χ4n) is 2.24. The summed E-state index contributed by atoms with van der Waals surface area (Å²) in [5.41, 5.74) is 1.08. The second kappa shape index (κ2) is 6.47. The Morgan fingerprint density at radius 1 is 1.47 bits per heavy atom. The first-order chi connectivity index (χ1) is 8.25. The lowest BCUT2D eigenvalue weighted by Crippen LogP contribution is -2.37. The zero-order chi connectivity index (χ0) is 12.1. The van der Waals surface area contributed by atoms with Crippen molar-refractivity contribution in [2.24, 2.45) is 0 Å². The molecule has 1 atom stereocenters. The van der Waals surface area contributed by atoms with Crippen molar-refractivity contribution in [3.63, 3.8) is 0 Å². The van der Waals surface area contributed by atoms with Crippen LogP contribution in [0.2, 0.25) is 0 Å². The van der Waals surface area contributed by atoms with Gasteiger partial charge in [0.25, 0.3) is 0 Å². The molecule has 4 heteroatoms. The van der Waals surface area contributed by atoms with Crippen molar-refractivity contribution in [3.05, 3.63) is 28.5 Å². The van der Waals surface area contributed by atoms with Crippen LogP contribution in [-0.2, 0) is 6.54 Å². The van der Waals surface area contributed by atoms with Crippen LogP contribution in [0.15, 0.2) is 22.8 Å². The van der Waals surface area contributed by atoms with Gasteiger partial charge in [0.05, 0.1) is 5.69 Å². The number of hydrogen-bond donors (Lipinski definition) is 1. The molecule has 1 aliphatic rings. The molecule has 0 aliphatic carbocycles. The van der Waals surface area contributed by atoms with Gasteiger partial charge in [0.2, 0.25) is 0 Å². The van der Waals surface area contributed by atoms with Crippen LogP contribution >= 0.6 is 15.9 Å². The lowest BCUT2D eigenvalue weighted by atomic mass is 10.3. The van der Waals surface area contributed by atoms with Crippen LogP contribution in [0.25, 0.3) is 0 Å². The van der Waals surface area contributed by atoms with E-state index in [1.54, 1.807) is 0 Å². The van der Waals surface area contributed by atoms with Crippen LogP contribution < -0.4 is 5.32 Å². The molecule has 2 heterocycles. The number of rotatable bonds is 5. The van der Waals surface area contributed by atoms with Crippen LogP contribution in [0.1, 0.15) is 25.5 Å². The molecule has 0 bridgehead atoms. The summed E-state index contributed by atoms with van der Waals surface area (Å²) < 4.78 is 1.08. The van der Waals surface area contributed by atoms with Crippen LogP contribution in [0.4, 0.5) is 0 Å². The van der Waals surface area contributed by atoms with Gasteiger partial charge in [-0.3, -0.25) is 4.98 Å². The Kier molecular flexibility index (Phi) is 4.95. The fourth-order valence-corrected chi connectivity index (χ4v) is 2.63. The van der Waals surface area contributed by atoms with E-state index < -0.39 is 0 Å². The first-order valence-corrected chi connectivity index (χ1v) is 7.10. The monoisotopic (exact) mass is 297 g/mol. The largest absolute Gasteiger partial charge is 0.307 e. The number of pyridine rings is 1. The second-order valence-corrected chi connectivity index (χ2v) is 5.58. The molecule has 94 valence electrons. The standard InChI is InChI=1S/C13H20BrN3/c1-11(10-17-7-2-3-8-17)16-9-13-12(14)5-4-6-15-13/h4-6,11,16H,2-3,7-10H2,1H3. The number of nitrogens with zero attached hydrogens (tertiary/aromatic N) is 2. The fraction of sp³-hybridized carbons (Fsp3) is 0.615. The first-order valence-electron chi connectivity index (χ1n) is 6.31. The van der Waals surface area contributed by atoms with Crippen molar-refractivity contribution < 1.29 is 0 Å². The minimum Gasteiger partial charge on any atom is -0.307 e. The Morgan fingerprint density at radius 2 is 2.24 bits per heavy atom. The maximum atomic E-state index is 4.36. The molecule has 1 fully saturated rings. The Labute approximate surface area is 112 Å². The summed E-state index contributed by atoms with van der Waals surface area (Å²) in [7, 11) is 0. The predicted molar refractivity (Wildman–Crippen MR) is 73.9 cm³/mol. The lowest BCUT2D eigenvalue weighted by Gasteiger charge is -2.21. The Bertz CT molecular complexity index is 350. The summed E-state index contributed by atoms with van der Waals surface area (Å²) in [5, 5.41) is 3.53. The zero-order valence-electron chi connectivity index (χ0n) is 10.3. The molecule has 1 aliphatic heterocycles. The van der Waals surface area contributed by atoms with Crippen LogP contribution in [0.5, 0.6) is 0 Å². The molecule has 1 saturated heterocycles. The van der Waals surface area contributed by atoms with Crippen LogP contribution in [-0.4, -0.2) is 35.6 Å². The summed E-state index contributed by atoms with van der Waals surface area (Å²) >= 11 is 3.52. The van der Waals surface area contributed by atoms with Crippen molar-refractivity contribution in [1.82, 2.24) is 15.2 Å². The van der Waals surface area contributed by atoms with Gasteiger partial charge in [-0.05, 0) is 60.9 Å². The third kappa shape index (κ3) is 4.05. The van der Waals surface area contributed by atoms with E-state index in [0.717, 1.165) is 23.3 Å². The maximum Gasteiger partial charge on any atom is 0.0683 e. The molecule has 0 amide bonds. The Morgan fingerprint density at radius 3 is 2.94 bits per heavy atom. The van der Waals surface area contributed by atoms with Gasteiger partial charge in [0, 0.05) is 29.8 Å². The van der Waals surface area contributed by atoms with E-state index in [2.05, 4.69) is 38.1 Å². The molecular formula is C13H20BrN3. The summed E-state index contributed by atoms with van der Waals surface area (Å²) in [6.45, 7) is 6.74. The normalized spacial score (nSPS) is 18.5. The second-order valence-electron chi connectivity index (χ2n) is 4.72. The van der Waals surface area contributed by atoms with Gasteiger partial charge in [-0.2, -0.15) is 0 Å². The van der Waals surface area contributed by atoms with Crippen molar-refractivity contribution >= 4 is 15.9 Å². The highest BCUT2D eigenvalue weighted by Crippen LogP contribution is 2.13. The predicted octanol–water partition coefficient (Wildman–Crippen LogP) is 2.42. The smallest absolute Gasteiger partial charge is 0.0683 e. The van der Waals surface area contributed by atoms with Gasteiger partial charge in [-0.25, -0.2) is 0 Å². The van der Waals surface area contributed by atoms with E-state index in [1.165, 1.54) is 25.9 Å². The Hall–Kier alpha value is -0.450. The minimum atomic E-state index is 0.516. The molecule has 17 heavy (non-hydrogen) atoms. The molecule has 0 saturated carbocycles.